The molecule has 1 aliphatic rings. The van der Waals surface area contributed by atoms with Gasteiger partial charge >= 0.3 is 0 Å². The minimum Gasteiger partial charge on any atom is -0.504 e. The molecule has 0 radical (unpaired) electrons. The van der Waals surface area contributed by atoms with Gasteiger partial charge in [-0.2, -0.15) is 0 Å². The highest BCUT2D eigenvalue weighted by atomic mass is 16.5. The Kier molecular flexibility index (Phi) is 7.71. The molecule has 0 heterocycles. The molecule has 6 heteroatoms. The van der Waals surface area contributed by atoms with E-state index in [4.69, 9.17) is 19.5 Å². The number of phenolic OH excluding ortho intramolecular Hbond substituents is 2. The van der Waals surface area contributed by atoms with Gasteiger partial charge in [0.05, 0.1) is 25.3 Å². The fourth-order valence-corrected chi connectivity index (χ4v) is 3.62. The SMILES string of the molecule is CCOc1cccc(C=N[C@@H]2CCCC[C@H]2N=Cc2cccc(OCC)c2O)c1O. The van der Waals surface area contributed by atoms with E-state index < -0.39 is 0 Å². The van der Waals surface area contributed by atoms with Gasteiger partial charge in [-0.05, 0) is 51.0 Å². The number of aliphatic imine (C=N–C) groups is 2. The lowest BCUT2D eigenvalue weighted by atomic mass is 9.91. The summed E-state index contributed by atoms with van der Waals surface area (Å²) in [6.07, 6.45) is 7.51. The number of aromatic hydroxyl groups is 2. The van der Waals surface area contributed by atoms with Crippen LogP contribution in [-0.4, -0.2) is 47.9 Å². The molecular weight excluding hydrogens is 380 g/mol. The average Bonchev–Trinajstić information content (AvgIpc) is 2.76. The van der Waals surface area contributed by atoms with E-state index >= 15 is 0 Å². The molecule has 6 nitrogen and oxygen atoms in total. The summed E-state index contributed by atoms with van der Waals surface area (Å²) in [7, 11) is 0. The summed E-state index contributed by atoms with van der Waals surface area (Å²) in [5, 5.41) is 20.8. The summed E-state index contributed by atoms with van der Waals surface area (Å²) in [6.45, 7) is 4.75. The molecule has 0 bridgehead atoms. The van der Waals surface area contributed by atoms with Gasteiger partial charge in [0.1, 0.15) is 0 Å². The van der Waals surface area contributed by atoms with Crippen molar-refractivity contribution < 1.29 is 19.7 Å². The van der Waals surface area contributed by atoms with Gasteiger partial charge in [-0.15, -0.1) is 0 Å². The Hall–Kier alpha value is -3.02. The molecule has 160 valence electrons. The number of hydrogen-bond donors (Lipinski definition) is 2. The summed E-state index contributed by atoms with van der Waals surface area (Å²) in [4.78, 5) is 9.47. The molecule has 1 saturated carbocycles. The highest BCUT2D eigenvalue weighted by molar-refractivity contribution is 5.86. The van der Waals surface area contributed by atoms with Gasteiger partial charge in [0.2, 0.25) is 0 Å². The van der Waals surface area contributed by atoms with Crippen LogP contribution >= 0.6 is 0 Å². The minimum absolute atomic E-state index is 0.0300. The number of benzene rings is 2. The molecular formula is C24H30N2O4. The molecule has 0 amide bonds. The predicted octanol–water partition coefficient (Wildman–Crippen LogP) is 4.74. The van der Waals surface area contributed by atoms with E-state index in [2.05, 4.69) is 0 Å². The number of nitrogens with zero attached hydrogens (tertiary/aromatic N) is 2. The standard InChI is InChI=1S/C24H30N2O4/c1-3-29-21-13-7-9-17(23(21)27)15-25-19-11-5-6-12-20(19)26-16-18-10-8-14-22(24(18)28)30-4-2/h7-10,13-16,19-20,27-28H,3-6,11-12H2,1-2H3/t19-,20-/m1/s1. The maximum Gasteiger partial charge on any atom is 0.166 e. The molecule has 0 aliphatic heterocycles. The Balaban J connectivity index is 1.76. The smallest absolute Gasteiger partial charge is 0.166 e. The van der Waals surface area contributed by atoms with E-state index in [1.165, 1.54) is 0 Å². The van der Waals surface area contributed by atoms with Crippen molar-refractivity contribution in [1.29, 1.82) is 0 Å². The molecule has 2 aromatic carbocycles. The van der Waals surface area contributed by atoms with Crippen LogP contribution in [-0.2, 0) is 0 Å². The first-order valence-electron chi connectivity index (χ1n) is 10.6. The number of rotatable bonds is 8. The van der Waals surface area contributed by atoms with E-state index in [0.717, 1.165) is 25.7 Å². The minimum atomic E-state index is 0.0300. The number of para-hydroxylation sites is 2. The van der Waals surface area contributed by atoms with Crippen molar-refractivity contribution in [2.75, 3.05) is 13.2 Å². The summed E-state index contributed by atoms with van der Waals surface area (Å²) < 4.78 is 10.9. The van der Waals surface area contributed by atoms with Crippen LogP contribution in [0.5, 0.6) is 23.0 Å². The van der Waals surface area contributed by atoms with Gasteiger partial charge in [0, 0.05) is 23.6 Å². The number of phenols is 2. The van der Waals surface area contributed by atoms with E-state index in [-0.39, 0.29) is 23.6 Å². The second-order valence-corrected chi connectivity index (χ2v) is 7.23. The number of ether oxygens (including phenoxy) is 2. The highest BCUT2D eigenvalue weighted by Gasteiger charge is 2.23. The normalized spacial score (nSPS) is 19.4. The maximum atomic E-state index is 10.4. The van der Waals surface area contributed by atoms with Gasteiger partial charge in [0.15, 0.2) is 23.0 Å². The third-order valence-corrected chi connectivity index (χ3v) is 5.16. The Labute approximate surface area is 177 Å². The van der Waals surface area contributed by atoms with Gasteiger partial charge in [-0.3, -0.25) is 9.98 Å². The van der Waals surface area contributed by atoms with Crippen molar-refractivity contribution >= 4 is 12.4 Å². The zero-order valence-corrected chi connectivity index (χ0v) is 17.6. The second-order valence-electron chi connectivity index (χ2n) is 7.23. The monoisotopic (exact) mass is 410 g/mol. The Bertz CT molecular complexity index is 821. The van der Waals surface area contributed by atoms with Crippen LogP contribution < -0.4 is 9.47 Å². The average molecular weight is 411 g/mol. The fraction of sp³-hybridized carbons (Fsp3) is 0.417. The van der Waals surface area contributed by atoms with Gasteiger partial charge in [-0.25, -0.2) is 0 Å². The van der Waals surface area contributed by atoms with Crippen molar-refractivity contribution in [2.24, 2.45) is 9.98 Å². The van der Waals surface area contributed by atoms with Gasteiger partial charge in [-0.1, -0.05) is 25.0 Å². The van der Waals surface area contributed by atoms with Crippen LogP contribution in [0.4, 0.5) is 0 Å². The van der Waals surface area contributed by atoms with Crippen LogP contribution in [0.1, 0.15) is 50.7 Å². The summed E-state index contributed by atoms with van der Waals surface area (Å²) in [6, 6.07) is 10.9. The van der Waals surface area contributed by atoms with Crippen molar-refractivity contribution in [3.8, 4) is 23.0 Å². The summed E-state index contributed by atoms with van der Waals surface area (Å²) >= 11 is 0. The van der Waals surface area contributed by atoms with Crippen molar-refractivity contribution in [3.05, 3.63) is 47.5 Å². The Morgan fingerprint density at radius 3 is 1.63 bits per heavy atom. The van der Waals surface area contributed by atoms with Crippen molar-refractivity contribution in [2.45, 2.75) is 51.6 Å². The van der Waals surface area contributed by atoms with Crippen LogP contribution in [0, 0.1) is 0 Å². The van der Waals surface area contributed by atoms with E-state index in [0.29, 0.717) is 35.8 Å². The summed E-state index contributed by atoms with van der Waals surface area (Å²) in [5.74, 6) is 1.14. The molecule has 0 aromatic heterocycles. The number of hydrogen-bond acceptors (Lipinski definition) is 6. The largest absolute Gasteiger partial charge is 0.504 e. The third kappa shape index (κ3) is 5.32. The molecule has 1 fully saturated rings. The third-order valence-electron chi connectivity index (χ3n) is 5.16. The lowest BCUT2D eigenvalue weighted by Crippen LogP contribution is -2.27. The fourth-order valence-electron chi connectivity index (χ4n) is 3.62. The van der Waals surface area contributed by atoms with Crippen LogP contribution in [0.2, 0.25) is 0 Å². The van der Waals surface area contributed by atoms with Crippen LogP contribution in [0.15, 0.2) is 46.4 Å². The second kappa shape index (κ2) is 10.7. The lowest BCUT2D eigenvalue weighted by molar-refractivity contribution is 0.318. The molecule has 0 spiro atoms. The maximum absolute atomic E-state index is 10.4. The molecule has 2 atom stereocenters. The first-order chi connectivity index (χ1) is 14.6. The quantitative estimate of drug-likeness (QED) is 0.616. The van der Waals surface area contributed by atoms with E-state index in [1.54, 1.807) is 24.6 Å². The molecule has 0 saturated heterocycles. The van der Waals surface area contributed by atoms with E-state index in [1.807, 2.05) is 38.1 Å². The molecule has 2 aromatic rings. The lowest BCUT2D eigenvalue weighted by Gasteiger charge is -2.25. The molecule has 2 N–H and O–H groups in total. The van der Waals surface area contributed by atoms with E-state index in [9.17, 15) is 10.2 Å². The van der Waals surface area contributed by atoms with Crippen molar-refractivity contribution in [3.63, 3.8) is 0 Å². The topological polar surface area (TPSA) is 83.6 Å². The first kappa shape index (κ1) is 21.7. The van der Waals surface area contributed by atoms with Crippen LogP contribution in [0.3, 0.4) is 0 Å². The Morgan fingerprint density at radius 2 is 1.23 bits per heavy atom. The molecule has 0 unspecified atom stereocenters. The van der Waals surface area contributed by atoms with Crippen LogP contribution in [0.25, 0.3) is 0 Å². The predicted molar refractivity (Wildman–Crippen MR) is 120 cm³/mol. The zero-order chi connectivity index (χ0) is 21.3. The molecule has 30 heavy (non-hydrogen) atoms. The molecule has 1 aliphatic carbocycles. The summed E-state index contributed by atoms with van der Waals surface area (Å²) in [5.41, 5.74) is 1.27. The van der Waals surface area contributed by atoms with Gasteiger partial charge < -0.3 is 19.7 Å². The highest BCUT2D eigenvalue weighted by Crippen LogP contribution is 2.31. The first-order valence-corrected chi connectivity index (χ1v) is 10.6. The zero-order valence-electron chi connectivity index (χ0n) is 17.6. The Morgan fingerprint density at radius 1 is 0.800 bits per heavy atom. The molecule has 3 rings (SSSR count). The van der Waals surface area contributed by atoms with Crippen molar-refractivity contribution in [1.82, 2.24) is 0 Å². The van der Waals surface area contributed by atoms with Gasteiger partial charge in [0.25, 0.3) is 0 Å².